The number of hydrogen-bond acceptors (Lipinski definition) is 6. The van der Waals surface area contributed by atoms with Crippen LogP contribution in [0, 0.1) is 11.8 Å². The van der Waals surface area contributed by atoms with Crippen molar-refractivity contribution in [1.82, 2.24) is 4.90 Å². The molecule has 4 aromatic carbocycles. The Bertz CT molecular complexity index is 1890. The van der Waals surface area contributed by atoms with Gasteiger partial charge in [-0.2, -0.15) is 0 Å². The van der Waals surface area contributed by atoms with Gasteiger partial charge in [-0.1, -0.05) is 72.8 Å². The lowest BCUT2D eigenvalue weighted by atomic mass is 9.85. The molecule has 43 heavy (non-hydrogen) atoms. The van der Waals surface area contributed by atoms with E-state index in [0.717, 1.165) is 10.8 Å². The zero-order valence-electron chi connectivity index (χ0n) is 23.0. The fourth-order valence-electron chi connectivity index (χ4n) is 6.59. The summed E-state index contributed by atoms with van der Waals surface area (Å²) in [6.45, 7) is 0. The van der Waals surface area contributed by atoms with Crippen molar-refractivity contribution in [3.63, 3.8) is 0 Å². The fourth-order valence-corrected chi connectivity index (χ4v) is 7.13. The third-order valence-corrected chi connectivity index (χ3v) is 9.18. The molecule has 0 aromatic heterocycles. The number of hydrogen-bond donors (Lipinski definition) is 0. The SMILES string of the molecule is COc1ccc(C(=O)[C@H]2[C@H]3C(=O)N(c4cccc5ccccc45)C(=O)[C@@H]3[C@H]3C=C(C(=O)c4ccccc4)C=CN32)cc1Br. The first-order chi connectivity index (χ1) is 20.9. The quantitative estimate of drug-likeness (QED) is 0.192. The number of Topliss-reactive ketones (excluding diaryl/α,β-unsaturated/α-hetero) is 2. The minimum absolute atomic E-state index is 0.190. The van der Waals surface area contributed by atoms with Crippen molar-refractivity contribution < 1.29 is 23.9 Å². The van der Waals surface area contributed by atoms with Gasteiger partial charge in [0.05, 0.1) is 35.1 Å². The van der Waals surface area contributed by atoms with Gasteiger partial charge in [0.15, 0.2) is 11.6 Å². The summed E-state index contributed by atoms with van der Waals surface area (Å²) in [6, 6.07) is 25.4. The molecule has 2 fully saturated rings. The Kier molecular flexibility index (Phi) is 6.58. The lowest BCUT2D eigenvalue weighted by Gasteiger charge is -2.33. The molecule has 4 aromatic rings. The summed E-state index contributed by atoms with van der Waals surface area (Å²) < 4.78 is 5.94. The van der Waals surface area contributed by atoms with Crippen LogP contribution in [0.5, 0.6) is 5.75 Å². The van der Waals surface area contributed by atoms with Crippen LogP contribution in [0.4, 0.5) is 5.69 Å². The predicted octanol–water partition coefficient (Wildman–Crippen LogP) is 5.99. The van der Waals surface area contributed by atoms with Gasteiger partial charge in [0.1, 0.15) is 11.8 Å². The summed E-state index contributed by atoms with van der Waals surface area (Å²) in [5.74, 6) is -2.53. The zero-order valence-corrected chi connectivity index (χ0v) is 24.6. The zero-order chi connectivity index (χ0) is 29.8. The van der Waals surface area contributed by atoms with E-state index < -0.39 is 29.8 Å². The number of ketones is 2. The molecule has 0 saturated carbocycles. The lowest BCUT2D eigenvalue weighted by molar-refractivity contribution is -0.123. The molecule has 7 nitrogen and oxygen atoms in total. The number of benzene rings is 4. The van der Waals surface area contributed by atoms with Crippen LogP contribution < -0.4 is 9.64 Å². The molecule has 0 N–H and O–H groups in total. The second-order valence-corrected chi connectivity index (χ2v) is 11.6. The average Bonchev–Trinajstić information content (AvgIpc) is 3.51. The minimum Gasteiger partial charge on any atom is -0.496 e. The number of allylic oxidation sites excluding steroid dienone is 2. The van der Waals surface area contributed by atoms with E-state index in [9.17, 15) is 19.2 Å². The number of methoxy groups -OCH3 is 1. The average molecular weight is 633 g/mol. The molecule has 3 aliphatic rings. The van der Waals surface area contributed by atoms with Crippen LogP contribution in [0.1, 0.15) is 20.7 Å². The summed E-state index contributed by atoms with van der Waals surface area (Å²) in [4.78, 5) is 59.3. The number of carbonyl (C=O) groups is 4. The minimum atomic E-state index is -0.951. The van der Waals surface area contributed by atoms with Crippen molar-refractivity contribution in [2.24, 2.45) is 11.8 Å². The monoisotopic (exact) mass is 632 g/mol. The molecule has 0 aliphatic carbocycles. The molecule has 2 saturated heterocycles. The number of anilines is 1. The first-order valence-electron chi connectivity index (χ1n) is 13.9. The molecule has 4 atom stereocenters. The van der Waals surface area contributed by atoms with Gasteiger partial charge in [0, 0.05) is 28.3 Å². The smallest absolute Gasteiger partial charge is 0.240 e. The number of fused-ring (bicyclic) bond motifs is 4. The summed E-state index contributed by atoms with van der Waals surface area (Å²) in [6.07, 6.45) is 5.08. The summed E-state index contributed by atoms with van der Waals surface area (Å²) >= 11 is 3.46. The topological polar surface area (TPSA) is 84.0 Å². The molecule has 7 rings (SSSR count). The van der Waals surface area contributed by atoms with E-state index in [1.165, 1.54) is 12.0 Å². The molecular formula is C35H25BrN2O5. The van der Waals surface area contributed by atoms with Crippen LogP contribution in [-0.4, -0.2) is 47.5 Å². The van der Waals surface area contributed by atoms with Gasteiger partial charge in [-0.05, 0) is 51.7 Å². The third kappa shape index (κ3) is 4.24. The summed E-state index contributed by atoms with van der Waals surface area (Å²) in [5.41, 5.74) is 1.80. The lowest BCUT2D eigenvalue weighted by Crippen LogP contribution is -2.46. The number of rotatable bonds is 6. The van der Waals surface area contributed by atoms with Gasteiger partial charge in [-0.3, -0.25) is 19.2 Å². The van der Waals surface area contributed by atoms with E-state index in [2.05, 4.69) is 15.9 Å². The number of nitrogens with zero attached hydrogens (tertiary/aromatic N) is 2. The Hall–Kier alpha value is -4.82. The van der Waals surface area contributed by atoms with Gasteiger partial charge < -0.3 is 9.64 Å². The molecule has 212 valence electrons. The van der Waals surface area contributed by atoms with E-state index in [1.807, 2.05) is 42.5 Å². The Morgan fingerprint density at radius 3 is 2.30 bits per heavy atom. The van der Waals surface area contributed by atoms with Crippen molar-refractivity contribution in [1.29, 1.82) is 0 Å². The van der Waals surface area contributed by atoms with Gasteiger partial charge in [0.25, 0.3) is 0 Å². The van der Waals surface area contributed by atoms with Gasteiger partial charge in [-0.15, -0.1) is 0 Å². The van der Waals surface area contributed by atoms with E-state index in [0.29, 0.717) is 32.6 Å². The number of carbonyl (C=O) groups excluding carboxylic acids is 4. The molecular weight excluding hydrogens is 608 g/mol. The van der Waals surface area contributed by atoms with Crippen LogP contribution in [0.2, 0.25) is 0 Å². The Balaban J connectivity index is 1.34. The van der Waals surface area contributed by atoms with E-state index in [-0.39, 0.29) is 17.5 Å². The van der Waals surface area contributed by atoms with Gasteiger partial charge in [0.2, 0.25) is 11.8 Å². The van der Waals surface area contributed by atoms with Gasteiger partial charge in [-0.25, -0.2) is 4.90 Å². The van der Waals surface area contributed by atoms with Crippen LogP contribution in [0.15, 0.2) is 119 Å². The highest BCUT2D eigenvalue weighted by atomic mass is 79.9. The fraction of sp³-hybridized carbons (Fsp3) is 0.143. The van der Waals surface area contributed by atoms with Crippen molar-refractivity contribution in [2.75, 3.05) is 12.0 Å². The Morgan fingerprint density at radius 1 is 0.814 bits per heavy atom. The second-order valence-electron chi connectivity index (χ2n) is 10.8. The maximum absolute atomic E-state index is 14.3. The van der Waals surface area contributed by atoms with Crippen molar-refractivity contribution in [3.05, 3.63) is 131 Å². The second kappa shape index (κ2) is 10.5. The Labute approximate surface area is 256 Å². The van der Waals surface area contributed by atoms with Crippen molar-refractivity contribution in [2.45, 2.75) is 12.1 Å². The van der Waals surface area contributed by atoms with E-state index in [1.54, 1.807) is 71.8 Å². The van der Waals surface area contributed by atoms with E-state index >= 15 is 0 Å². The van der Waals surface area contributed by atoms with Crippen LogP contribution in [-0.2, 0) is 9.59 Å². The van der Waals surface area contributed by atoms with Crippen molar-refractivity contribution >= 4 is 55.8 Å². The van der Waals surface area contributed by atoms with Crippen LogP contribution in [0.25, 0.3) is 10.8 Å². The normalized spacial score (nSPS) is 22.4. The number of amides is 2. The number of halogens is 1. The standard InChI is InChI=1S/C35H25BrN2O5/c1-43-28-15-14-22(18-25(28)36)33(40)31-30-29(27-19-23(16-17-37(27)31)32(39)21-9-3-2-4-10-21)34(41)38(35(30)42)26-13-7-11-20-8-5-6-12-24(20)26/h2-19,27,29-31H,1H3/t27-,29-,30+,31-/m1/s1. The maximum atomic E-state index is 14.3. The first-order valence-corrected chi connectivity index (χ1v) is 14.7. The molecule has 2 amide bonds. The predicted molar refractivity (Wildman–Crippen MR) is 166 cm³/mol. The largest absolute Gasteiger partial charge is 0.496 e. The van der Waals surface area contributed by atoms with E-state index in [4.69, 9.17) is 4.74 Å². The highest BCUT2D eigenvalue weighted by Gasteiger charge is 2.63. The number of ether oxygens (including phenoxy) is 1. The first kappa shape index (κ1) is 27.0. The molecule has 0 bridgehead atoms. The molecule has 0 radical (unpaired) electrons. The number of imide groups is 1. The van der Waals surface area contributed by atoms with Crippen LogP contribution in [0.3, 0.4) is 0 Å². The summed E-state index contributed by atoms with van der Waals surface area (Å²) in [7, 11) is 1.54. The maximum Gasteiger partial charge on any atom is 0.240 e. The van der Waals surface area contributed by atoms with Crippen LogP contribution >= 0.6 is 15.9 Å². The summed E-state index contributed by atoms with van der Waals surface area (Å²) in [5, 5.41) is 1.66. The Morgan fingerprint density at radius 2 is 1.53 bits per heavy atom. The molecule has 3 aliphatic heterocycles. The highest BCUT2D eigenvalue weighted by Crippen LogP contribution is 2.48. The molecule has 0 spiro atoms. The van der Waals surface area contributed by atoms with Gasteiger partial charge >= 0.3 is 0 Å². The van der Waals surface area contributed by atoms with Crippen molar-refractivity contribution in [3.8, 4) is 5.75 Å². The molecule has 0 unspecified atom stereocenters. The highest BCUT2D eigenvalue weighted by molar-refractivity contribution is 9.10. The molecule has 3 heterocycles. The third-order valence-electron chi connectivity index (χ3n) is 8.56. The molecule has 8 heteroatoms.